The van der Waals surface area contributed by atoms with E-state index in [1.807, 2.05) is 6.92 Å². The van der Waals surface area contributed by atoms with Crippen LogP contribution < -0.4 is 15.8 Å². The van der Waals surface area contributed by atoms with Gasteiger partial charge in [0.2, 0.25) is 15.9 Å². The fourth-order valence-electron chi connectivity index (χ4n) is 3.19. The van der Waals surface area contributed by atoms with Gasteiger partial charge in [0.1, 0.15) is 0 Å². The molecule has 150 valence electrons. The lowest BCUT2D eigenvalue weighted by Gasteiger charge is -2.25. The van der Waals surface area contributed by atoms with Crippen molar-refractivity contribution in [1.82, 2.24) is 15.5 Å². The molecule has 0 aromatic heterocycles. The molecule has 3 amide bonds. The number of sulfonamides is 1. The lowest BCUT2D eigenvalue weighted by molar-refractivity contribution is -0.121. The summed E-state index contributed by atoms with van der Waals surface area (Å²) in [5.74, 6) is -0.390. The Hall–Kier alpha value is -1.97. The van der Waals surface area contributed by atoms with Gasteiger partial charge in [-0.25, -0.2) is 18.4 Å². The van der Waals surface area contributed by atoms with Gasteiger partial charge in [0.15, 0.2) is 0 Å². The fraction of sp³-hybridized carbons (Fsp3) is 0.556. The number of benzene rings is 1. The minimum absolute atomic E-state index is 0.0379. The van der Waals surface area contributed by atoms with Crippen molar-refractivity contribution in [2.75, 3.05) is 13.6 Å². The average Bonchev–Trinajstić information content (AvgIpc) is 2.61. The minimum atomic E-state index is -3.73. The van der Waals surface area contributed by atoms with Crippen LogP contribution in [0, 0.1) is 0 Å². The van der Waals surface area contributed by atoms with Gasteiger partial charge in [-0.1, -0.05) is 31.4 Å². The van der Waals surface area contributed by atoms with E-state index in [2.05, 4.69) is 10.6 Å². The zero-order valence-corrected chi connectivity index (χ0v) is 16.6. The first-order valence-corrected chi connectivity index (χ1v) is 10.6. The number of amides is 3. The molecule has 1 unspecified atom stereocenters. The molecular formula is C18H28N4O4S. The van der Waals surface area contributed by atoms with Crippen LogP contribution in [0.4, 0.5) is 4.79 Å². The Kier molecular flexibility index (Phi) is 7.34. The van der Waals surface area contributed by atoms with E-state index in [0.29, 0.717) is 0 Å². The Morgan fingerprint density at radius 3 is 2.33 bits per heavy atom. The molecule has 1 aliphatic rings. The van der Waals surface area contributed by atoms with Crippen LogP contribution in [-0.2, 0) is 14.8 Å². The molecule has 0 spiro atoms. The normalized spacial score (nSPS) is 16.7. The van der Waals surface area contributed by atoms with Gasteiger partial charge in [-0.3, -0.25) is 15.0 Å². The van der Waals surface area contributed by atoms with E-state index in [0.717, 1.165) is 31.2 Å². The second kappa shape index (κ2) is 9.29. The molecule has 1 atom stereocenters. The predicted octanol–water partition coefficient (Wildman–Crippen LogP) is 1.49. The standard InChI is InChI=1S/C18H28N4O4S/c1-13(14-8-10-16(11-9-14)27(19,25)26)22(2)12-17(23)21-18(24)20-15-6-4-3-5-7-15/h8-11,13,15H,3-7,12H2,1-2H3,(H2,19,25,26)(H2,20,21,23,24). The molecule has 0 aliphatic heterocycles. The van der Waals surface area contributed by atoms with E-state index < -0.39 is 16.1 Å². The van der Waals surface area contributed by atoms with Crippen molar-refractivity contribution in [3.8, 4) is 0 Å². The van der Waals surface area contributed by atoms with E-state index in [1.54, 1.807) is 24.1 Å². The van der Waals surface area contributed by atoms with E-state index in [4.69, 9.17) is 5.14 Å². The van der Waals surface area contributed by atoms with Crippen molar-refractivity contribution in [2.24, 2.45) is 5.14 Å². The molecular weight excluding hydrogens is 368 g/mol. The Labute approximate surface area is 160 Å². The Bertz CT molecular complexity index is 758. The number of carbonyl (C=O) groups is 2. The summed E-state index contributed by atoms with van der Waals surface area (Å²) in [7, 11) is -1.97. The number of rotatable bonds is 6. The molecule has 2 rings (SSSR count). The average molecular weight is 397 g/mol. The summed E-state index contributed by atoms with van der Waals surface area (Å²) in [5.41, 5.74) is 0.837. The number of imide groups is 1. The molecule has 0 bridgehead atoms. The molecule has 8 nitrogen and oxygen atoms in total. The molecule has 0 saturated heterocycles. The number of urea groups is 1. The minimum Gasteiger partial charge on any atom is -0.335 e. The fourth-order valence-corrected chi connectivity index (χ4v) is 3.70. The molecule has 1 fully saturated rings. The van der Waals surface area contributed by atoms with Gasteiger partial charge in [-0.15, -0.1) is 0 Å². The third-order valence-electron chi connectivity index (χ3n) is 4.94. The summed E-state index contributed by atoms with van der Waals surface area (Å²) >= 11 is 0. The zero-order valence-electron chi connectivity index (χ0n) is 15.8. The van der Waals surface area contributed by atoms with Gasteiger partial charge in [0.05, 0.1) is 11.4 Å². The summed E-state index contributed by atoms with van der Waals surface area (Å²) < 4.78 is 22.6. The highest BCUT2D eigenvalue weighted by Crippen LogP contribution is 2.20. The van der Waals surface area contributed by atoms with Crippen LogP contribution in [-0.4, -0.2) is 44.9 Å². The monoisotopic (exact) mass is 396 g/mol. The number of carbonyl (C=O) groups excluding carboxylic acids is 2. The van der Waals surface area contributed by atoms with Crippen LogP contribution in [0.5, 0.6) is 0 Å². The first kappa shape index (κ1) is 21.3. The van der Waals surface area contributed by atoms with Gasteiger partial charge in [-0.05, 0) is 44.5 Å². The highest BCUT2D eigenvalue weighted by molar-refractivity contribution is 7.89. The maximum absolute atomic E-state index is 12.1. The van der Waals surface area contributed by atoms with Gasteiger partial charge in [0.25, 0.3) is 0 Å². The van der Waals surface area contributed by atoms with E-state index in [1.165, 1.54) is 18.6 Å². The summed E-state index contributed by atoms with van der Waals surface area (Å²) in [5, 5.41) is 10.3. The van der Waals surface area contributed by atoms with E-state index in [-0.39, 0.29) is 29.4 Å². The van der Waals surface area contributed by atoms with E-state index in [9.17, 15) is 18.0 Å². The van der Waals surface area contributed by atoms with Crippen LogP contribution in [0.15, 0.2) is 29.2 Å². The third kappa shape index (κ3) is 6.60. The highest BCUT2D eigenvalue weighted by Gasteiger charge is 2.19. The molecule has 9 heteroatoms. The number of nitrogens with two attached hydrogens (primary N) is 1. The molecule has 4 N–H and O–H groups in total. The Morgan fingerprint density at radius 2 is 1.78 bits per heavy atom. The number of hydrogen-bond donors (Lipinski definition) is 3. The number of nitrogens with zero attached hydrogens (tertiary/aromatic N) is 1. The van der Waals surface area contributed by atoms with Crippen molar-refractivity contribution >= 4 is 22.0 Å². The van der Waals surface area contributed by atoms with E-state index >= 15 is 0 Å². The summed E-state index contributed by atoms with van der Waals surface area (Å²) in [6, 6.07) is 5.74. The predicted molar refractivity (Wildman–Crippen MR) is 102 cm³/mol. The van der Waals surface area contributed by atoms with Gasteiger partial charge in [0, 0.05) is 12.1 Å². The zero-order chi connectivity index (χ0) is 20.0. The molecule has 27 heavy (non-hydrogen) atoms. The molecule has 0 heterocycles. The van der Waals surface area contributed by atoms with Gasteiger partial charge in [-0.2, -0.15) is 0 Å². The summed E-state index contributed by atoms with van der Waals surface area (Å²) in [4.78, 5) is 25.9. The molecule has 0 radical (unpaired) electrons. The van der Waals surface area contributed by atoms with Gasteiger partial charge >= 0.3 is 6.03 Å². The first-order chi connectivity index (χ1) is 12.7. The smallest absolute Gasteiger partial charge is 0.321 e. The molecule has 1 aliphatic carbocycles. The van der Waals surface area contributed by atoms with Crippen molar-refractivity contribution in [3.63, 3.8) is 0 Å². The van der Waals surface area contributed by atoms with Crippen LogP contribution in [0.3, 0.4) is 0 Å². The lowest BCUT2D eigenvalue weighted by Crippen LogP contribution is -2.47. The first-order valence-electron chi connectivity index (χ1n) is 9.10. The van der Waals surface area contributed by atoms with Crippen molar-refractivity contribution in [1.29, 1.82) is 0 Å². The maximum Gasteiger partial charge on any atom is 0.321 e. The summed E-state index contributed by atoms with van der Waals surface area (Å²) in [6.07, 6.45) is 5.30. The molecule has 1 aromatic carbocycles. The van der Waals surface area contributed by atoms with Crippen molar-refractivity contribution in [2.45, 2.75) is 56.0 Å². The van der Waals surface area contributed by atoms with Crippen LogP contribution in [0.25, 0.3) is 0 Å². The highest BCUT2D eigenvalue weighted by atomic mass is 32.2. The number of nitrogens with one attached hydrogen (secondary N) is 2. The molecule has 1 aromatic rings. The maximum atomic E-state index is 12.1. The number of primary sulfonamides is 1. The lowest BCUT2D eigenvalue weighted by atomic mass is 9.96. The second-order valence-electron chi connectivity index (χ2n) is 7.06. The second-order valence-corrected chi connectivity index (χ2v) is 8.62. The third-order valence-corrected chi connectivity index (χ3v) is 5.87. The molecule has 1 saturated carbocycles. The van der Waals surface area contributed by atoms with Crippen molar-refractivity contribution < 1.29 is 18.0 Å². The topological polar surface area (TPSA) is 122 Å². The van der Waals surface area contributed by atoms with Gasteiger partial charge < -0.3 is 5.32 Å². The van der Waals surface area contributed by atoms with Crippen LogP contribution in [0.1, 0.15) is 50.6 Å². The van der Waals surface area contributed by atoms with Crippen molar-refractivity contribution in [3.05, 3.63) is 29.8 Å². The quantitative estimate of drug-likeness (QED) is 0.672. The van der Waals surface area contributed by atoms with Crippen LogP contribution >= 0.6 is 0 Å². The van der Waals surface area contributed by atoms with Crippen LogP contribution in [0.2, 0.25) is 0 Å². The summed E-state index contributed by atoms with van der Waals surface area (Å²) in [6.45, 7) is 1.93. The number of hydrogen-bond acceptors (Lipinski definition) is 5. The largest absolute Gasteiger partial charge is 0.335 e. The SMILES string of the molecule is CC(c1ccc(S(N)(=O)=O)cc1)N(C)CC(=O)NC(=O)NC1CCCCC1. The Balaban J connectivity index is 1.84. The number of likely N-dealkylation sites (N-methyl/N-ethyl adjacent to an activating group) is 1. The Morgan fingerprint density at radius 1 is 1.19 bits per heavy atom.